The van der Waals surface area contributed by atoms with Crippen LogP contribution in [0.15, 0.2) is 23.3 Å². The molecule has 14 heavy (non-hydrogen) atoms. The summed E-state index contributed by atoms with van der Waals surface area (Å²) in [4.78, 5) is 11.2. The zero-order valence-corrected chi connectivity index (χ0v) is 9.68. The molecule has 1 aliphatic carbocycles. The molecule has 0 amide bonds. The first-order valence-corrected chi connectivity index (χ1v) is 5.38. The second-order valence-electron chi connectivity index (χ2n) is 4.73. The van der Waals surface area contributed by atoms with Crippen LogP contribution in [0.5, 0.6) is 0 Å². The van der Waals surface area contributed by atoms with Gasteiger partial charge in [-0.25, -0.2) is 0 Å². The zero-order valence-electron chi connectivity index (χ0n) is 9.68. The van der Waals surface area contributed by atoms with E-state index in [1.54, 1.807) is 6.08 Å². The third-order valence-electron chi connectivity index (χ3n) is 3.10. The minimum absolute atomic E-state index is 0.216. The van der Waals surface area contributed by atoms with Crippen molar-refractivity contribution in [2.45, 2.75) is 47.0 Å². The van der Waals surface area contributed by atoms with Gasteiger partial charge in [0.1, 0.15) is 0 Å². The largest absolute Gasteiger partial charge is 0.295 e. The molecule has 0 aromatic carbocycles. The Bertz CT molecular complexity index is 292. The fraction of sp³-hybridized carbons (Fsp3) is 0.615. The Balaban J connectivity index is 2.82. The number of allylic oxidation sites excluding steroid dienone is 4. The molecular formula is C13H20O. The summed E-state index contributed by atoms with van der Waals surface area (Å²) in [7, 11) is 0. The van der Waals surface area contributed by atoms with E-state index in [9.17, 15) is 4.79 Å². The molecule has 0 fully saturated rings. The lowest BCUT2D eigenvalue weighted by molar-refractivity contribution is -0.114. The smallest absolute Gasteiger partial charge is 0.155 e. The summed E-state index contributed by atoms with van der Waals surface area (Å²) in [6.07, 6.45) is 6.73. The van der Waals surface area contributed by atoms with Crippen molar-refractivity contribution in [2.75, 3.05) is 0 Å². The molecule has 1 heteroatoms. The molecule has 1 nitrogen and oxygen atoms in total. The van der Waals surface area contributed by atoms with Crippen molar-refractivity contribution in [1.82, 2.24) is 0 Å². The van der Waals surface area contributed by atoms with Crippen LogP contribution in [-0.4, -0.2) is 5.78 Å². The summed E-state index contributed by atoms with van der Waals surface area (Å²) in [5.74, 6) is 0.216. The predicted octanol–water partition coefficient (Wildman–Crippen LogP) is 3.66. The van der Waals surface area contributed by atoms with Gasteiger partial charge in [0.2, 0.25) is 0 Å². The van der Waals surface area contributed by atoms with Gasteiger partial charge in [0.05, 0.1) is 0 Å². The van der Waals surface area contributed by atoms with Crippen molar-refractivity contribution >= 4 is 5.78 Å². The highest BCUT2D eigenvalue weighted by Gasteiger charge is 2.28. The molecule has 0 bridgehead atoms. The minimum Gasteiger partial charge on any atom is -0.295 e. The third-order valence-corrected chi connectivity index (χ3v) is 3.10. The van der Waals surface area contributed by atoms with Crippen LogP contribution in [0.2, 0.25) is 0 Å². The highest BCUT2D eigenvalue weighted by molar-refractivity contribution is 5.89. The Morgan fingerprint density at radius 1 is 1.50 bits per heavy atom. The van der Waals surface area contributed by atoms with Crippen LogP contribution < -0.4 is 0 Å². The summed E-state index contributed by atoms with van der Waals surface area (Å²) in [5, 5.41) is 0. The minimum atomic E-state index is 0.216. The quantitative estimate of drug-likeness (QED) is 0.624. The van der Waals surface area contributed by atoms with Gasteiger partial charge in [-0.15, -0.1) is 0 Å². The Morgan fingerprint density at radius 2 is 2.14 bits per heavy atom. The number of rotatable bonds is 3. The normalized spacial score (nSPS) is 20.9. The summed E-state index contributed by atoms with van der Waals surface area (Å²) in [5.41, 5.74) is 3.06. The van der Waals surface area contributed by atoms with Crippen LogP contribution in [0.1, 0.15) is 47.0 Å². The van der Waals surface area contributed by atoms with Crippen molar-refractivity contribution in [3.05, 3.63) is 23.3 Å². The van der Waals surface area contributed by atoms with Gasteiger partial charge in [-0.3, -0.25) is 4.79 Å². The van der Waals surface area contributed by atoms with Gasteiger partial charge in [-0.2, -0.15) is 0 Å². The van der Waals surface area contributed by atoms with Gasteiger partial charge in [0, 0.05) is 6.42 Å². The molecule has 0 aliphatic heterocycles. The Morgan fingerprint density at radius 3 is 2.57 bits per heavy atom. The van der Waals surface area contributed by atoms with Crippen LogP contribution in [0.25, 0.3) is 0 Å². The molecule has 0 aromatic heterocycles. The molecule has 1 rings (SSSR count). The summed E-state index contributed by atoms with van der Waals surface area (Å²) in [6.45, 7) is 8.57. The number of carbonyl (C=O) groups is 1. The van der Waals surface area contributed by atoms with E-state index in [-0.39, 0.29) is 11.2 Å². The Labute approximate surface area is 86.9 Å². The maximum Gasteiger partial charge on any atom is 0.155 e. The van der Waals surface area contributed by atoms with E-state index >= 15 is 0 Å². The lowest BCUT2D eigenvalue weighted by Gasteiger charge is -2.20. The van der Waals surface area contributed by atoms with Gasteiger partial charge in [-0.05, 0) is 36.8 Å². The van der Waals surface area contributed by atoms with Crippen molar-refractivity contribution in [3.8, 4) is 0 Å². The van der Waals surface area contributed by atoms with Crippen LogP contribution in [0.4, 0.5) is 0 Å². The molecule has 1 aliphatic rings. The van der Waals surface area contributed by atoms with E-state index in [1.165, 1.54) is 24.0 Å². The Kier molecular flexibility index (Phi) is 3.30. The van der Waals surface area contributed by atoms with Crippen LogP contribution in [-0.2, 0) is 4.79 Å². The summed E-state index contributed by atoms with van der Waals surface area (Å²) >= 11 is 0. The van der Waals surface area contributed by atoms with Crippen LogP contribution in [0.3, 0.4) is 0 Å². The molecule has 0 saturated carbocycles. The van der Waals surface area contributed by atoms with Gasteiger partial charge in [0.25, 0.3) is 0 Å². The highest BCUT2D eigenvalue weighted by Crippen LogP contribution is 2.42. The summed E-state index contributed by atoms with van der Waals surface area (Å²) in [6, 6.07) is 0. The summed E-state index contributed by atoms with van der Waals surface area (Å²) < 4.78 is 0. The number of hydrogen-bond donors (Lipinski definition) is 0. The van der Waals surface area contributed by atoms with Crippen molar-refractivity contribution in [1.29, 1.82) is 0 Å². The Hall–Kier alpha value is -0.850. The first-order valence-electron chi connectivity index (χ1n) is 5.38. The van der Waals surface area contributed by atoms with E-state index in [2.05, 4.69) is 20.8 Å². The first kappa shape index (κ1) is 11.2. The third kappa shape index (κ3) is 2.34. The number of ketones is 1. The molecule has 78 valence electrons. The topological polar surface area (TPSA) is 17.1 Å². The van der Waals surface area contributed by atoms with Crippen LogP contribution >= 0.6 is 0 Å². The monoisotopic (exact) mass is 192 g/mol. The molecule has 0 heterocycles. The van der Waals surface area contributed by atoms with E-state index in [4.69, 9.17) is 0 Å². The average Bonchev–Trinajstić information content (AvgIpc) is 2.38. The second-order valence-corrected chi connectivity index (χ2v) is 4.73. The lowest BCUT2D eigenvalue weighted by atomic mass is 9.85. The second kappa shape index (κ2) is 4.12. The van der Waals surface area contributed by atoms with Crippen molar-refractivity contribution in [2.24, 2.45) is 5.41 Å². The molecule has 0 unspecified atom stereocenters. The molecule has 0 spiro atoms. The number of hydrogen-bond acceptors (Lipinski definition) is 1. The van der Waals surface area contributed by atoms with Gasteiger partial charge >= 0.3 is 0 Å². The molecule has 0 N–H and O–H groups in total. The van der Waals surface area contributed by atoms with E-state index in [0.29, 0.717) is 6.42 Å². The molecule has 0 radical (unpaired) electrons. The van der Waals surface area contributed by atoms with Crippen molar-refractivity contribution in [3.63, 3.8) is 0 Å². The maximum absolute atomic E-state index is 11.2. The van der Waals surface area contributed by atoms with Gasteiger partial charge in [-0.1, -0.05) is 32.4 Å². The van der Waals surface area contributed by atoms with Gasteiger partial charge < -0.3 is 0 Å². The molecular weight excluding hydrogens is 172 g/mol. The standard InChI is InChI=1S/C13H20O/c1-5-11(14)6-7-12-10(2)8-9-13(12,3)4/h6-7H,5,8-9H2,1-4H3. The van der Waals surface area contributed by atoms with E-state index < -0.39 is 0 Å². The number of carbonyl (C=O) groups excluding carboxylic acids is 1. The predicted molar refractivity (Wildman–Crippen MR) is 60.2 cm³/mol. The average molecular weight is 192 g/mol. The fourth-order valence-electron chi connectivity index (χ4n) is 2.01. The van der Waals surface area contributed by atoms with Gasteiger partial charge in [0.15, 0.2) is 5.78 Å². The van der Waals surface area contributed by atoms with Crippen LogP contribution in [0, 0.1) is 5.41 Å². The zero-order chi connectivity index (χ0) is 10.8. The van der Waals surface area contributed by atoms with Crippen molar-refractivity contribution < 1.29 is 4.79 Å². The highest BCUT2D eigenvalue weighted by atomic mass is 16.1. The lowest BCUT2D eigenvalue weighted by Crippen LogP contribution is -2.08. The fourth-order valence-corrected chi connectivity index (χ4v) is 2.01. The SMILES string of the molecule is CCC(=O)C=CC1=C(C)CCC1(C)C. The molecule has 0 aromatic rings. The first-order chi connectivity index (χ1) is 6.47. The molecule has 0 atom stereocenters. The van der Waals surface area contributed by atoms with E-state index in [1.807, 2.05) is 13.0 Å². The maximum atomic E-state index is 11.2. The molecule has 0 saturated heterocycles. The van der Waals surface area contributed by atoms with E-state index in [0.717, 1.165) is 0 Å².